The van der Waals surface area contributed by atoms with E-state index in [-0.39, 0.29) is 22.3 Å². The molecule has 126 valence electrons. The molecule has 0 heterocycles. The SMILES string of the molecule is C.C.C.CN(C)C1CCCCC1.Cc1ccc(Cl)c(Cl)c1. The molecule has 3 heteroatoms. The van der Waals surface area contributed by atoms with Gasteiger partial charge in [-0.15, -0.1) is 0 Å². The molecule has 2 rings (SSSR count). The Morgan fingerprint density at radius 2 is 1.43 bits per heavy atom. The van der Waals surface area contributed by atoms with Gasteiger partial charge in [-0.3, -0.25) is 0 Å². The summed E-state index contributed by atoms with van der Waals surface area (Å²) < 4.78 is 0. The number of rotatable bonds is 1. The molecular formula is C18H35Cl2N. The first-order valence-electron chi connectivity index (χ1n) is 6.59. The monoisotopic (exact) mass is 335 g/mol. The highest BCUT2D eigenvalue weighted by atomic mass is 35.5. The highest BCUT2D eigenvalue weighted by Crippen LogP contribution is 2.21. The molecule has 0 atom stereocenters. The first-order valence-corrected chi connectivity index (χ1v) is 7.34. The molecule has 0 spiro atoms. The van der Waals surface area contributed by atoms with E-state index in [0.717, 1.165) is 11.6 Å². The number of aryl methyl sites for hydroxylation is 1. The van der Waals surface area contributed by atoms with E-state index >= 15 is 0 Å². The maximum atomic E-state index is 5.68. The lowest BCUT2D eigenvalue weighted by Crippen LogP contribution is -2.29. The molecule has 0 aliphatic heterocycles. The quantitative estimate of drug-likeness (QED) is 0.529. The van der Waals surface area contributed by atoms with Crippen LogP contribution in [0.1, 0.15) is 59.9 Å². The van der Waals surface area contributed by atoms with Crippen molar-refractivity contribution >= 4 is 23.2 Å². The Morgan fingerprint density at radius 1 is 0.905 bits per heavy atom. The molecule has 1 aromatic rings. The lowest BCUT2D eigenvalue weighted by molar-refractivity contribution is 0.229. The summed E-state index contributed by atoms with van der Waals surface area (Å²) in [6, 6.07) is 6.44. The van der Waals surface area contributed by atoms with Crippen LogP contribution in [-0.2, 0) is 0 Å². The maximum Gasteiger partial charge on any atom is 0.0594 e. The van der Waals surface area contributed by atoms with E-state index in [9.17, 15) is 0 Å². The summed E-state index contributed by atoms with van der Waals surface area (Å²) in [6.07, 6.45) is 7.20. The molecule has 1 fully saturated rings. The van der Waals surface area contributed by atoms with Gasteiger partial charge in [0.2, 0.25) is 0 Å². The van der Waals surface area contributed by atoms with Crippen molar-refractivity contribution in [1.82, 2.24) is 4.90 Å². The van der Waals surface area contributed by atoms with Crippen LogP contribution in [0, 0.1) is 6.92 Å². The first kappa shape index (κ1) is 25.7. The molecule has 0 saturated heterocycles. The topological polar surface area (TPSA) is 3.24 Å². The van der Waals surface area contributed by atoms with Crippen molar-refractivity contribution in [3.05, 3.63) is 33.8 Å². The molecule has 21 heavy (non-hydrogen) atoms. The summed E-state index contributed by atoms with van der Waals surface area (Å²) in [5.74, 6) is 0. The van der Waals surface area contributed by atoms with E-state index in [2.05, 4.69) is 19.0 Å². The molecule has 1 aliphatic rings. The fourth-order valence-electron chi connectivity index (χ4n) is 2.20. The van der Waals surface area contributed by atoms with Gasteiger partial charge in [0.05, 0.1) is 10.0 Å². The van der Waals surface area contributed by atoms with Crippen LogP contribution < -0.4 is 0 Å². The molecule has 0 aromatic heterocycles. The summed E-state index contributed by atoms with van der Waals surface area (Å²) in [6.45, 7) is 1.97. The predicted octanol–water partition coefficient (Wildman–Crippen LogP) is 7.09. The van der Waals surface area contributed by atoms with Crippen LogP contribution in [0.3, 0.4) is 0 Å². The number of hydrogen-bond donors (Lipinski definition) is 0. The van der Waals surface area contributed by atoms with E-state index in [1.54, 1.807) is 6.07 Å². The van der Waals surface area contributed by atoms with Crippen LogP contribution in [-0.4, -0.2) is 25.0 Å². The molecule has 1 aliphatic carbocycles. The van der Waals surface area contributed by atoms with E-state index in [1.807, 2.05) is 19.1 Å². The molecule has 0 bridgehead atoms. The van der Waals surface area contributed by atoms with Crippen molar-refractivity contribution in [2.75, 3.05) is 14.1 Å². The lowest BCUT2D eigenvalue weighted by atomic mass is 9.95. The van der Waals surface area contributed by atoms with Crippen molar-refractivity contribution in [3.63, 3.8) is 0 Å². The van der Waals surface area contributed by atoms with Gasteiger partial charge in [-0.25, -0.2) is 0 Å². The van der Waals surface area contributed by atoms with Gasteiger partial charge in [0, 0.05) is 6.04 Å². The molecule has 1 saturated carbocycles. The molecule has 0 radical (unpaired) electrons. The molecule has 0 unspecified atom stereocenters. The number of halogens is 2. The van der Waals surface area contributed by atoms with Crippen LogP contribution in [0.25, 0.3) is 0 Å². The molecular weight excluding hydrogens is 301 g/mol. The summed E-state index contributed by atoms with van der Waals surface area (Å²) in [4.78, 5) is 2.36. The summed E-state index contributed by atoms with van der Waals surface area (Å²) in [5.41, 5.74) is 1.13. The summed E-state index contributed by atoms with van der Waals surface area (Å²) in [7, 11) is 4.38. The number of hydrogen-bond acceptors (Lipinski definition) is 1. The number of nitrogens with zero attached hydrogens (tertiary/aromatic N) is 1. The third kappa shape index (κ3) is 10.2. The number of benzene rings is 1. The Balaban J connectivity index is -0.000000270. The Kier molecular flexibility index (Phi) is 16.4. The third-order valence-corrected chi connectivity index (χ3v) is 4.12. The van der Waals surface area contributed by atoms with Gasteiger partial charge in [0.1, 0.15) is 0 Å². The van der Waals surface area contributed by atoms with Crippen molar-refractivity contribution in [3.8, 4) is 0 Å². The average Bonchev–Trinajstić information content (AvgIpc) is 2.36. The normalized spacial score (nSPS) is 14.0. The Hall–Kier alpha value is -0.240. The van der Waals surface area contributed by atoms with Crippen molar-refractivity contribution in [1.29, 1.82) is 0 Å². The second kappa shape index (κ2) is 13.4. The Bertz CT molecular complexity index is 358. The van der Waals surface area contributed by atoms with Gasteiger partial charge >= 0.3 is 0 Å². The van der Waals surface area contributed by atoms with Gasteiger partial charge in [-0.2, -0.15) is 0 Å². The van der Waals surface area contributed by atoms with E-state index < -0.39 is 0 Å². The molecule has 0 N–H and O–H groups in total. The zero-order chi connectivity index (χ0) is 13.5. The predicted molar refractivity (Wildman–Crippen MR) is 102 cm³/mol. The largest absolute Gasteiger partial charge is 0.306 e. The van der Waals surface area contributed by atoms with Crippen LogP contribution in [0.5, 0.6) is 0 Å². The zero-order valence-electron chi connectivity index (χ0n) is 11.5. The molecule has 1 aromatic carbocycles. The highest BCUT2D eigenvalue weighted by molar-refractivity contribution is 6.41. The van der Waals surface area contributed by atoms with Crippen LogP contribution in [0.4, 0.5) is 0 Å². The van der Waals surface area contributed by atoms with Crippen LogP contribution in [0.15, 0.2) is 18.2 Å². The third-order valence-electron chi connectivity index (χ3n) is 3.38. The summed E-state index contributed by atoms with van der Waals surface area (Å²) in [5, 5.41) is 1.24. The fourth-order valence-corrected chi connectivity index (χ4v) is 2.55. The van der Waals surface area contributed by atoms with Crippen molar-refractivity contribution in [2.24, 2.45) is 0 Å². The first-order chi connectivity index (χ1) is 8.50. The molecule has 0 amide bonds. The van der Waals surface area contributed by atoms with Gasteiger partial charge in [-0.05, 0) is 51.6 Å². The van der Waals surface area contributed by atoms with Gasteiger partial charge in [0.25, 0.3) is 0 Å². The fraction of sp³-hybridized carbons (Fsp3) is 0.667. The highest BCUT2D eigenvalue weighted by Gasteiger charge is 2.13. The zero-order valence-corrected chi connectivity index (χ0v) is 13.1. The molecule has 1 nitrogen and oxygen atoms in total. The Morgan fingerprint density at radius 3 is 1.76 bits per heavy atom. The van der Waals surface area contributed by atoms with Gasteiger partial charge < -0.3 is 4.90 Å². The Labute approximate surface area is 143 Å². The lowest BCUT2D eigenvalue weighted by Gasteiger charge is -2.27. The maximum absolute atomic E-state index is 5.68. The summed E-state index contributed by atoms with van der Waals surface area (Å²) >= 11 is 11.3. The van der Waals surface area contributed by atoms with Crippen LogP contribution in [0.2, 0.25) is 10.0 Å². The van der Waals surface area contributed by atoms with Gasteiger partial charge in [0.15, 0.2) is 0 Å². The smallest absolute Gasteiger partial charge is 0.0594 e. The van der Waals surface area contributed by atoms with E-state index in [0.29, 0.717) is 10.0 Å². The minimum atomic E-state index is 0. The second-order valence-corrected chi connectivity index (χ2v) is 5.99. The minimum absolute atomic E-state index is 0. The minimum Gasteiger partial charge on any atom is -0.306 e. The standard InChI is InChI=1S/C8H17N.C7H6Cl2.3CH4/c1-9(2)8-6-4-3-5-7-8;1-5-2-3-6(8)7(9)4-5;;;/h8H,3-7H2,1-2H3;2-4H,1H3;3*1H4. The average molecular weight is 336 g/mol. The van der Waals surface area contributed by atoms with Crippen molar-refractivity contribution in [2.45, 2.75) is 67.3 Å². The van der Waals surface area contributed by atoms with Crippen molar-refractivity contribution < 1.29 is 0 Å². The second-order valence-electron chi connectivity index (χ2n) is 5.17. The van der Waals surface area contributed by atoms with E-state index in [1.165, 1.54) is 32.1 Å². The van der Waals surface area contributed by atoms with E-state index in [4.69, 9.17) is 23.2 Å². The van der Waals surface area contributed by atoms with Crippen LogP contribution >= 0.6 is 23.2 Å². The van der Waals surface area contributed by atoms with Gasteiger partial charge in [-0.1, -0.05) is 70.8 Å².